The van der Waals surface area contributed by atoms with E-state index in [1.54, 1.807) is 0 Å². The molecular formula is C3H4OSe. The first-order valence-electron chi connectivity index (χ1n) is 1.23. The van der Waals surface area contributed by atoms with Crippen LogP contribution >= 0.6 is 0 Å². The van der Waals surface area contributed by atoms with Gasteiger partial charge in [0.15, 0.2) is 0 Å². The van der Waals surface area contributed by atoms with Crippen LogP contribution in [0.4, 0.5) is 0 Å². The minimum atomic E-state index is 0.0741. The molecule has 0 aromatic heterocycles. The van der Waals surface area contributed by atoms with Crippen LogP contribution in [0.15, 0.2) is 0 Å². The van der Waals surface area contributed by atoms with E-state index in [1.807, 2.05) is 0 Å². The molecule has 0 atom stereocenters. The molecule has 0 spiro atoms. The number of hydrogen-bond donors (Lipinski definition) is 0. The van der Waals surface area contributed by atoms with E-state index in [9.17, 15) is 4.79 Å². The zero-order valence-electron chi connectivity index (χ0n) is 2.89. The predicted molar refractivity (Wildman–Crippen MR) is 22.5 cm³/mol. The Kier molecular flexibility index (Phi) is 2.33. The summed E-state index contributed by atoms with van der Waals surface area (Å²) in [7, 11) is 0. The van der Waals surface area contributed by atoms with Crippen LogP contribution < -0.4 is 0 Å². The normalized spacial score (nSPS) is 6.60. The van der Waals surface area contributed by atoms with E-state index in [0.29, 0.717) is 0 Å². The fourth-order valence-corrected chi connectivity index (χ4v) is 0. The van der Waals surface area contributed by atoms with Crippen LogP contribution in [0.5, 0.6) is 0 Å². The van der Waals surface area contributed by atoms with E-state index in [1.165, 1.54) is 11.8 Å². The summed E-state index contributed by atoms with van der Waals surface area (Å²) in [5.41, 5.74) is 0. The molecule has 0 unspecified atom stereocenters. The molecule has 0 rings (SSSR count). The van der Waals surface area contributed by atoms with Crippen LogP contribution in [0.1, 0.15) is 6.92 Å². The molecule has 0 N–H and O–H groups in total. The van der Waals surface area contributed by atoms with Gasteiger partial charge in [-0.1, -0.05) is 0 Å². The molecule has 0 bridgehead atoms. The molecule has 0 aromatic carbocycles. The van der Waals surface area contributed by atoms with Gasteiger partial charge < -0.3 is 0 Å². The van der Waals surface area contributed by atoms with Crippen LogP contribution in [-0.2, 0) is 4.79 Å². The maximum absolute atomic E-state index is 9.73. The second kappa shape index (κ2) is 2.31. The molecule has 0 amide bonds. The minimum absolute atomic E-state index is 0.0741. The summed E-state index contributed by atoms with van der Waals surface area (Å²) in [6, 6.07) is 0. The van der Waals surface area contributed by atoms with Gasteiger partial charge >= 0.3 is 38.0 Å². The number of carbonyl (C=O) groups is 1. The number of rotatable bonds is 1. The Hall–Kier alpha value is 0.0595. The van der Waals surface area contributed by atoms with Gasteiger partial charge in [0.25, 0.3) is 0 Å². The SMILES string of the molecule is CC(=O)C=[Se]. The van der Waals surface area contributed by atoms with Gasteiger partial charge in [0.1, 0.15) is 0 Å². The summed E-state index contributed by atoms with van der Waals surface area (Å²) in [5, 5.41) is 0. The molecule has 0 saturated carbocycles. The molecule has 0 aliphatic heterocycles. The van der Waals surface area contributed by atoms with Crippen molar-refractivity contribution >= 4 is 26.3 Å². The Morgan fingerprint density at radius 2 is 2.20 bits per heavy atom. The van der Waals surface area contributed by atoms with Crippen LogP contribution in [0, 0.1) is 0 Å². The third-order valence-corrected chi connectivity index (χ3v) is 0.862. The molecule has 0 aromatic rings. The summed E-state index contributed by atoms with van der Waals surface area (Å²) in [4.78, 5) is 11.1. The van der Waals surface area contributed by atoms with Crippen molar-refractivity contribution in [3.63, 3.8) is 0 Å². The zero-order valence-corrected chi connectivity index (χ0v) is 4.61. The molecule has 0 saturated heterocycles. The third-order valence-electron chi connectivity index (χ3n) is 0.166. The van der Waals surface area contributed by atoms with E-state index in [4.69, 9.17) is 0 Å². The van der Waals surface area contributed by atoms with Gasteiger partial charge in [-0.05, 0) is 0 Å². The first-order chi connectivity index (χ1) is 2.27. The fourth-order valence-electron chi connectivity index (χ4n) is 0. The summed E-state index contributed by atoms with van der Waals surface area (Å²) in [6.07, 6.45) is 0. The van der Waals surface area contributed by atoms with Crippen molar-refractivity contribution in [3.05, 3.63) is 0 Å². The summed E-state index contributed by atoms with van der Waals surface area (Å²) in [5.74, 6) is 0.0741. The van der Waals surface area contributed by atoms with Crippen molar-refractivity contribution in [2.75, 3.05) is 0 Å². The summed E-state index contributed by atoms with van der Waals surface area (Å²) < 4.78 is 0. The third kappa shape index (κ3) is 4.06. The van der Waals surface area contributed by atoms with Crippen molar-refractivity contribution in [1.29, 1.82) is 0 Å². The van der Waals surface area contributed by atoms with Gasteiger partial charge in [-0.2, -0.15) is 0 Å². The van der Waals surface area contributed by atoms with Crippen molar-refractivity contribution < 1.29 is 4.79 Å². The summed E-state index contributed by atoms with van der Waals surface area (Å²) >= 11 is 2.47. The molecule has 28 valence electrons. The van der Waals surface area contributed by atoms with E-state index >= 15 is 0 Å². The molecule has 0 aliphatic rings. The zero-order chi connectivity index (χ0) is 4.28. The second-order valence-corrected chi connectivity index (χ2v) is 1.22. The standard InChI is InChI=1S/C3H4OSe/c1-3(4)2-5/h2H,1H3. The summed E-state index contributed by atoms with van der Waals surface area (Å²) in [6.45, 7) is 1.50. The average molecular weight is 135 g/mol. The molecule has 2 heteroatoms. The van der Waals surface area contributed by atoms with Crippen molar-refractivity contribution in [3.8, 4) is 0 Å². The van der Waals surface area contributed by atoms with Crippen LogP contribution in [0.2, 0.25) is 0 Å². The van der Waals surface area contributed by atoms with Crippen molar-refractivity contribution in [2.45, 2.75) is 6.92 Å². The first kappa shape index (κ1) is 5.06. The van der Waals surface area contributed by atoms with E-state index in [2.05, 4.69) is 15.6 Å². The Bertz CT molecular complexity index is 57.9. The first-order valence-corrected chi connectivity index (χ1v) is 2.22. The Balaban J connectivity index is 3.20. The number of carbonyl (C=O) groups excluding carboxylic acids is 1. The number of hydrogen-bond acceptors (Lipinski definition) is 1. The van der Waals surface area contributed by atoms with Gasteiger partial charge in [-0.25, -0.2) is 0 Å². The van der Waals surface area contributed by atoms with Crippen LogP contribution in [0.25, 0.3) is 0 Å². The molecule has 0 heterocycles. The van der Waals surface area contributed by atoms with E-state index in [0.717, 1.165) is 0 Å². The molecule has 0 aliphatic carbocycles. The van der Waals surface area contributed by atoms with E-state index in [-0.39, 0.29) is 5.78 Å². The number of Topliss-reactive ketones (excluding diaryl/α,β-unsaturated/α-hetero) is 1. The van der Waals surface area contributed by atoms with E-state index < -0.39 is 0 Å². The van der Waals surface area contributed by atoms with Gasteiger partial charge in [-0.15, -0.1) is 0 Å². The van der Waals surface area contributed by atoms with Crippen molar-refractivity contribution in [1.82, 2.24) is 0 Å². The molecule has 1 nitrogen and oxygen atoms in total. The second-order valence-electron chi connectivity index (χ2n) is 0.729. The fraction of sp³-hybridized carbons (Fsp3) is 0.333. The molecule has 5 heavy (non-hydrogen) atoms. The van der Waals surface area contributed by atoms with Gasteiger partial charge in [0, 0.05) is 0 Å². The van der Waals surface area contributed by atoms with Gasteiger partial charge in [0.2, 0.25) is 0 Å². The van der Waals surface area contributed by atoms with Gasteiger partial charge in [0.05, 0.1) is 0 Å². The van der Waals surface area contributed by atoms with Crippen molar-refractivity contribution in [2.24, 2.45) is 0 Å². The van der Waals surface area contributed by atoms with Crippen LogP contribution in [-0.4, -0.2) is 26.3 Å². The average Bonchev–Trinajstić information content (AvgIpc) is 1.38. The Morgan fingerprint density at radius 1 is 2.00 bits per heavy atom. The monoisotopic (exact) mass is 136 g/mol. The number of ketones is 1. The Morgan fingerprint density at radius 3 is 2.20 bits per heavy atom. The molecular weight excluding hydrogens is 131 g/mol. The quantitative estimate of drug-likeness (QED) is 0.445. The van der Waals surface area contributed by atoms with Crippen LogP contribution in [0.3, 0.4) is 0 Å². The predicted octanol–water partition coefficient (Wildman–Crippen LogP) is -0.454. The van der Waals surface area contributed by atoms with Gasteiger partial charge in [-0.3, -0.25) is 0 Å². The Labute approximate surface area is 38.7 Å². The topological polar surface area (TPSA) is 17.1 Å². The molecule has 0 fully saturated rings. The maximum atomic E-state index is 9.73. The molecule has 0 radical (unpaired) electrons.